The van der Waals surface area contributed by atoms with E-state index in [0.29, 0.717) is 0 Å². The topological polar surface area (TPSA) is 18.5 Å². The van der Waals surface area contributed by atoms with Gasteiger partial charge in [0.2, 0.25) is 0 Å². The number of allylic oxidation sites excluding steroid dienone is 2. The van der Waals surface area contributed by atoms with Crippen LogP contribution in [0, 0.1) is 0 Å². The first-order chi connectivity index (χ1) is 6.13. The summed E-state index contributed by atoms with van der Waals surface area (Å²) < 4.78 is 11.0. The fraction of sp³-hybridized carbons (Fsp3) is 0.500. The molecule has 0 spiro atoms. The highest BCUT2D eigenvalue weighted by Gasteiger charge is 1.87. The molecule has 0 heterocycles. The first-order valence-electron chi connectivity index (χ1n) is 4.55. The maximum atomic E-state index is 5.51. The van der Waals surface area contributed by atoms with Crippen LogP contribution >= 0.6 is 0 Å². The zero-order chi connectivity index (χ0) is 10.1. The van der Waals surface area contributed by atoms with E-state index in [0.717, 1.165) is 0 Å². The maximum absolute atomic E-state index is 5.51. The van der Waals surface area contributed by atoms with Gasteiger partial charge in [0.25, 0.3) is 10.0 Å². The van der Waals surface area contributed by atoms with E-state index in [9.17, 15) is 0 Å². The van der Waals surface area contributed by atoms with E-state index in [4.69, 9.17) is 8.23 Å². The Morgan fingerprint density at radius 3 is 1.54 bits per heavy atom. The monoisotopic (exact) mass is 232 g/mol. The van der Waals surface area contributed by atoms with Crippen molar-refractivity contribution in [3.63, 3.8) is 0 Å². The SMILES string of the molecule is CC(C)=C[SiH2]O[SiH2]O[SiH2]C=C(C)C. The Kier molecular flexibility index (Phi) is 8.67. The van der Waals surface area contributed by atoms with Gasteiger partial charge in [-0.15, -0.1) is 0 Å². The van der Waals surface area contributed by atoms with E-state index in [1.807, 2.05) is 0 Å². The Morgan fingerprint density at radius 1 is 0.846 bits per heavy atom. The van der Waals surface area contributed by atoms with E-state index in [2.05, 4.69) is 39.1 Å². The van der Waals surface area contributed by atoms with Crippen LogP contribution in [0.25, 0.3) is 0 Å². The van der Waals surface area contributed by atoms with Gasteiger partial charge in [0, 0.05) is 0 Å². The molecule has 0 rings (SSSR count). The molecular weight excluding hydrogens is 212 g/mol. The van der Waals surface area contributed by atoms with Crippen LogP contribution in [0.1, 0.15) is 27.7 Å². The minimum Gasteiger partial charge on any atom is -0.442 e. The van der Waals surface area contributed by atoms with Crippen molar-refractivity contribution in [1.29, 1.82) is 0 Å². The molecule has 76 valence electrons. The summed E-state index contributed by atoms with van der Waals surface area (Å²) in [6.07, 6.45) is 0. The predicted octanol–water partition coefficient (Wildman–Crippen LogP) is 0.0334. The van der Waals surface area contributed by atoms with Gasteiger partial charge in [-0.2, -0.15) is 0 Å². The molecule has 0 aromatic rings. The third-order valence-electron chi connectivity index (χ3n) is 1.39. The molecule has 0 amide bonds. The average molecular weight is 233 g/mol. The van der Waals surface area contributed by atoms with Gasteiger partial charge in [-0.05, 0) is 27.7 Å². The van der Waals surface area contributed by atoms with Crippen molar-refractivity contribution < 1.29 is 8.23 Å². The van der Waals surface area contributed by atoms with Crippen LogP contribution in [0.15, 0.2) is 22.5 Å². The normalized spacial score (nSPS) is 12.3. The highest BCUT2D eigenvalue weighted by Crippen LogP contribution is 1.87. The quantitative estimate of drug-likeness (QED) is 0.475. The molecule has 0 N–H and O–H groups in total. The molecule has 5 heteroatoms. The maximum Gasteiger partial charge on any atom is 0.283 e. The first-order valence-corrected chi connectivity index (χ1v) is 8.49. The van der Waals surface area contributed by atoms with Crippen LogP contribution in [0.3, 0.4) is 0 Å². The lowest BCUT2D eigenvalue weighted by atomic mass is 10.4. The van der Waals surface area contributed by atoms with Crippen LogP contribution in [0.2, 0.25) is 0 Å². The smallest absolute Gasteiger partial charge is 0.283 e. The average Bonchev–Trinajstić information content (AvgIpc) is 2.01. The fourth-order valence-electron chi connectivity index (χ4n) is 0.606. The Labute approximate surface area is 88.4 Å². The molecule has 0 atom stereocenters. The van der Waals surface area contributed by atoms with Crippen molar-refractivity contribution in [2.75, 3.05) is 0 Å². The molecule has 0 radical (unpaired) electrons. The van der Waals surface area contributed by atoms with Gasteiger partial charge in [0.05, 0.1) is 0 Å². The standard InChI is InChI=1S/C8H20O2Si3/c1-7(2)5-11-9-13-10-12-6-8(3)4/h5-6H,11-13H2,1-4H3. The lowest BCUT2D eigenvalue weighted by Crippen LogP contribution is -2.09. The molecule has 0 aliphatic heterocycles. The molecule has 0 aliphatic carbocycles. The first kappa shape index (κ1) is 13.1. The van der Waals surface area contributed by atoms with Gasteiger partial charge in [0.1, 0.15) is 0 Å². The molecule has 13 heavy (non-hydrogen) atoms. The lowest BCUT2D eigenvalue weighted by Gasteiger charge is -2.00. The summed E-state index contributed by atoms with van der Waals surface area (Å²) in [5.41, 5.74) is 7.17. The number of hydrogen-bond acceptors (Lipinski definition) is 2. The Morgan fingerprint density at radius 2 is 1.23 bits per heavy atom. The summed E-state index contributed by atoms with van der Waals surface area (Å²) in [4.78, 5) is 0. The zero-order valence-corrected chi connectivity index (χ0v) is 13.3. The third-order valence-corrected chi connectivity index (χ3v) is 6.57. The predicted molar refractivity (Wildman–Crippen MR) is 66.7 cm³/mol. The molecule has 0 aromatic carbocycles. The molecule has 0 aliphatic rings. The second kappa shape index (κ2) is 8.64. The minimum atomic E-state index is -0.640. The molecule has 0 bridgehead atoms. The molecule has 0 saturated carbocycles. The van der Waals surface area contributed by atoms with Gasteiger partial charge in [-0.3, -0.25) is 0 Å². The van der Waals surface area contributed by atoms with E-state index in [1.165, 1.54) is 11.1 Å². The van der Waals surface area contributed by atoms with Gasteiger partial charge in [0.15, 0.2) is 19.5 Å². The van der Waals surface area contributed by atoms with Crippen LogP contribution < -0.4 is 0 Å². The van der Waals surface area contributed by atoms with Crippen molar-refractivity contribution in [3.05, 3.63) is 22.5 Å². The molecule has 2 nitrogen and oxygen atoms in total. The summed E-state index contributed by atoms with van der Waals surface area (Å²) in [5.74, 6) is 0. The van der Waals surface area contributed by atoms with Crippen LogP contribution in [-0.2, 0) is 8.23 Å². The highest BCUT2D eigenvalue weighted by molar-refractivity contribution is 6.49. The number of hydrogen-bond donors (Lipinski definition) is 0. The van der Waals surface area contributed by atoms with Crippen molar-refractivity contribution in [3.8, 4) is 0 Å². The Hall–Kier alpha value is 0.0506. The number of rotatable bonds is 6. The zero-order valence-electron chi connectivity index (χ0n) is 9.09. The van der Waals surface area contributed by atoms with Gasteiger partial charge >= 0.3 is 0 Å². The third kappa shape index (κ3) is 12.1. The van der Waals surface area contributed by atoms with E-state index >= 15 is 0 Å². The van der Waals surface area contributed by atoms with Crippen LogP contribution in [0.5, 0.6) is 0 Å². The Bertz CT molecular complexity index is 162. The molecular formula is C8H20O2Si3. The van der Waals surface area contributed by atoms with Crippen LogP contribution in [-0.4, -0.2) is 29.5 Å². The molecule has 0 fully saturated rings. The summed E-state index contributed by atoms with van der Waals surface area (Å²) in [6, 6.07) is 0. The summed E-state index contributed by atoms with van der Waals surface area (Å²) in [6.45, 7) is 8.43. The van der Waals surface area contributed by atoms with Crippen molar-refractivity contribution in [1.82, 2.24) is 0 Å². The summed E-state index contributed by atoms with van der Waals surface area (Å²) >= 11 is 0. The van der Waals surface area contributed by atoms with Gasteiger partial charge < -0.3 is 8.23 Å². The van der Waals surface area contributed by atoms with Gasteiger partial charge in [-0.25, -0.2) is 0 Å². The molecule has 0 unspecified atom stereocenters. The van der Waals surface area contributed by atoms with Crippen LogP contribution in [0.4, 0.5) is 0 Å². The second-order valence-electron chi connectivity index (χ2n) is 3.42. The van der Waals surface area contributed by atoms with Gasteiger partial charge in [-0.1, -0.05) is 22.5 Å². The minimum absolute atomic E-state index is 0.407. The van der Waals surface area contributed by atoms with E-state index in [1.54, 1.807) is 0 Å². The summed E-state index contributed by atoms with van der Waals surface area (Å²) in [5, 5.41) is 0. The second-order valence-corrected chi connectivity index (χ2v) is 8.41. The van der Waals surface area contributed by atoms with E-state index in [-0.39, 0.29) is 0 Å². The molecule has 0 saturated heterocycles. The Balaban J connectivity index is 3.18. The lowest BCUT2D eigenvalue weighted by molar-refractivity contribution is 0.501. The van der Waals surface area contributed by atoms with Crippen molar-refractivity contribution >= 4 is 29.5 Å². The van der Waals surface area contributed by atoms with Crippen molar-refractivity contribution in [2.45, 2.75) is 27.7 Å². The van der Waals surface area contributed by atoms with Crippen molar-refractivity contribution in [2.24, 2.45) is 0 Å². The van der Waals surface area contributed by atoms with E-state index < -0.39 is 29.5 Å². The fourth-order valence-corrected chi connectivity index (χ4v) is 4.52. The highest BCUT2D eigenvalue weighted by atomic mass is 28.4. The largest absolute Gasteiger partial charge is 0.442 e. The summed E-state index contributed by atoms with van der Waals surface area (Å²) in [7, 11) is -1.45. The molecule has 0 aromatic heterocycles.